The quantitative estimate of drug-likeness (QED) is 0.882. The van der Waals surface area contributed by atoms with E-state index >= 15 is 0 Å². The summed E-state index contributed by atoms with van der Waals surface area (Å²) in [5, 5.41) is 14.1. The van der Waals surface area contributed by atoms with Crippen molar-refractivity contribution in [1.29, 1.82) is 0 Å². The fourth-order valence-electron chi connectivity index (χ4n) is 2.40. The molecular weight excluding hydrogens is 302 g/mol. The minimum atomic E-state index is -0.977. The first kappa shape index (κ1) is 16.9. The molecule has 0 spiro atoms. The zero-order valence-corrected chi connectivity index (χ0v) is 14.1. The maximum Gasteiger partial charge on any atom is 0.280 e. The van der Waals surface area contributed by atoms with Gasteiger partial charge in [-0.2, -0.15) is 0 Å². The average Bonchev–Trinajstić information content (AvgIpc) is 2.93. The topological polar surface area (TPSA) is 82.5 Å². The van der Waals surface area contributed by atoms with E-state index in [0.717, 1.165) is 37.1 Å². The largest absolute Gasteiger partial charge is 0.389 e. The van der Waals surface area contributed by atoms with Gasteiger partial charge in [-0.15, -0.1) is 11.3 Å². The van der Waals surface area contributed by atoms with E-state index in [4.69, 9.17) is 0 Å². The molecule has 2 N–H and O–H groups in total. The number of likely N-dealkylation sites (tertiary alicyclic amines) is 1. The monoisotopic (exact) mass is 325 g/mol. The average molecular weight is 325 g/mol. The third-order valence-corrected chi connectivity index (χ3v) is 4.50. The number of hydrogen-bond donors (Lipinski definition) is 2. The summed E-state index contributed by atoms with van der Waals surface area (Å²) >= 11 is 1.15. The molecule has 1 unspecified atom stereocenters. The summed E-state index contributed by atoms with van der Waals surface area (Å²) in [6.07, 6.45) is 3.17. The maximum absolute atomic E-state index is 12.5. The highest BCUT2D eigenvalue weighted by Crippen LogP contribution is 2.20. The van der Waals surface area contributed by atoms with Crippen LogP contribution in [-0.2, 0) is 0 Å². The van der Waals surface area contributed by atoms with Crippen molar-refractivity contribution in [3.05, 3.63) is 16.1 Å². The number of nitrogens with zero attached hydrogens (tertiary/aromatic N) is 2. The van der Waals surface area contributed by atoms with Crippen LogP contribution < -0.4 is 5.32 Å². The third-order valence-electron chi connectivity index (χ3n) is 3.66. The van der Waals surface area contributed by atoms with Gasteiger partial charge < -0.3 is 15.3 Å². The minimum absolute atomic E-state index is 0.106. The van der Waals surface area contributed by atoms with E-state index in [-0.39, 0.29) is 29.4 Å². The molecule has 1 aromatic heterocycles. The van der Waals surface area contributed by atoms with Crippen LogP contribution in [0.15, 0.2) is 5.38 Å². The van der Waals surface area contributed by atoms with Crippen molar-refractivity contribution in [3.63, 3.8) is 0 Å². The van der Waals surface area contributed by atoms with Gasteiger partial charge in [-0.3, -0.25) is 9.59 Å². The van der Waals surface area contributed by atoms with Crippen molar-refractivity contribution < 1.29 is 14.7 Å². The van der Waals surface area contributed by atoms with Gasteiger partial charge in [-0.05, 0) is 40.0 Å². The predicted molar refractivity (Wildman–Crippen MR) is 85.1 cm³/mol. The Labute approximate surface area is 134 Å². The molecule has 7 heteroatoms. The van der Waals surface area contributed by atoms with E-state index in [1.165, 1.54) is 0 Å². The Kier molecular flexibility index (Phi) is 5.18. The van der Waals surface area contributed by atoms with Crippen LogP contribution in [0.2, 0.25) is 0 Å². The van der Waals surface area contributed by atoms with Crippen LogP contribution in [0.1, 0.15) is 60.3 Å². The molecule has 1 atom stereocenters. The Balaban J connectivity index is 2.01. The van der Waals surface area contributed by atoms with E-state index in [2.05, 4.69) is 10.3 Å². The lowest BCUT2D eigenvalue weighted by Gasteiger charge is -2.32. The zero-order chi connectivity index (χ0) is 16.3. The summed E-state index contributed by atoms with van der Waals surface area (Å²) in [4.78, 5) is 30.4. The molecule has 0 aliphatic carbocycles. The molecule has 1 aromatic rings. The Hall–Kier alpha value is -1.47. The Morgan fingerprint density at radius 1 is 1.50 bits per heavy atom. The number of piperidine rings is 1. The van der Waals surface area contributed by atoms with Crippen molar-refractivity contribution in [2.45, 2.75) is 51.7 Å². The number of rotatable bonds is 4. The van der Waals surface area contributed by atoms with Gasteiger partial charge in [-0.25, -0.2) is 4.98 Å². The molecule has 2 rings (SSSR count). The molecule has 2 heterocycles. The molecule has 1 fully saturated rings. The highest BCUT2D eigenvalue weighted by molar-refractivity contribution is 7.11. The van der Waals surface area contributed by atoms with Gasteiger partial charge in [0.1, 0.15) is 5.69 Å². The lowest BCUT2D eigenvalue weighted by Crippen LogP contribution is -2.42. The second-order valence-electron chi connectivity index (χ2n) is 6.38. The number of aromatic nitrogens is 1. The summed E-state index contributed by atoms with van der Waals surface area (Å²) in [6.45, 7) is 6.15. The van der Waals surface area contributed by atoms with Crippen LogP contribution in [0, 0.1) is 0 Å². The number of aliphatic hydroxyl groups is 1. The van der Waals surface area contributed by atoms with Crippen LogP contribution in [0.25, 0.3) is 0 Å². The molecule has 6 nitrogen and oxygen atoms in total. The summed E-state index contributed by atoms with van der Waals surface area (Å²) in [5.74, 6) is -0.470. The van der Waals surface area contributed by atoms with Crippen molar-refractivity contribution in [3.8, 4) is 0 Å². The van der Waals surface area contributed by atoms with Crippen LogP contribution in [-0.4, -0.2) is 51.5 Å². The van der Waals surface area contributed by atoms with Gasteiger partial charge in [0.15, 0.2) is 5.01 Å². The van der Waals surface area contributed by atoms with E-state index in [1.54, 1.807) is 19.2 Å². The molecule has 0 bridgehead atoms. The number of thiazole rings is 1. The van der Waals surface area contributed by atoms with Gasteiger partial charge in [0.25, 0.3) is 11.8 Å². The van der Waals surface area contributed by atoms with Gasteiger partial charge in [0.05, 0.1) is 5.60 Å². The fourth-order valence-corrected chi connectivity index (χ4v) is 3.10. The Morgan fingerprint density at radius 3 is 2.86 bits per heavy atom. The molecule has 0 saturated carbocycles. The van der Waals surface area contributed by atoms with Gasteiger partial charge in [0, 0.05) is 24.5 Å². The summed E-state index contributed by atoms with van der Waals surface area (Å²) in [6, 6.07) is 0.218. The summed E-state index contributed by atoms with van der Waals surface area (Å²) in [5.41, 5.74) is -0.651. The van der Waals surface area contributed by atoms with Crippen molar-refractivity contribution >= 4 is 23.2 Å². The Morgan fingerprint density at radius 2 is 2.23 bits per heavy atom. The molecule has 1 aliphatic heterocycles. The number of carbonyl (C=O) groups is 2. The van der Waals surface area contributed by atoms with E-state index in [9.17, 15) is 14.7 Å². The maximum atomic E-state index is 12.5. The van der Waals surface area contributed by atoms with E-state index in [1.807, 2.05) is 11.8 Å². The number of hydrogen-bond acceptors (Lipinski definition) is 5. The van der Waals surface area contributed by atoms with Crippen LogP contribution in [0.3, 0.4) is 0 Å². The summed E-state index contributed by atoms with van der Waals surface area (Å²) in [7, 11) is 0. The molecule has 0 aromatic carbocycles. The van der Waals surface area contributed by atoms with Gasteiger partial charge >= 0.3 is 0 Å². The molecule has 2 amide bonds. The zero-order valence-electron chi connectivity index (χ0n) is 13.3. The first-order chi connectivity index (χ1) is 10.3. The highest BCUT2D eigenvalue weighted by atomic mass is 32.1. The normalized spacial score (nSPS) is 19.1. The second-order valence-corrected chi connectivity index (χ2v) is 7.23. The molecule has 22 heavy (non-hydrogen) atoms. The van der Waals surface area contributed by atoms with Gasteiger partial charge in [0.2, 0.25) is 0 Å². The van der Waals surface area contributed by atoms with Crippen LogP contribution >= 0.6 is 11.3 Å². The molecular formula is C15H23N3O3S. The molecule has 1 aliphatic rings. The molecule has 0 radical (unpaired) electrons. The lowest BCUT2D eigenvalue weighted by molar-refractivity contribution is 0.0629. The SMILES string of the molecule is CC1CCCCN1C(=O)c1csc(C(=O)NCC(C)(C)O)n1. The van der Waals surface area contributed by atoms with Crippen LogP contribution in [0.4, 0.5) is 0 Å². The minimum Gasteiger partial charge on any atom is -0.389 e. The number of carbonyl (C=O) groups excluding carboxylic acids is 2. The van der Waals surface area contributed by atoms with Crippen molar-refractivity contribution in [1.82, 2.24) is 15.2 Å². The smallest absolute Gasteiger partial charge is 0.280 e. The predicted octanol–water partition coefficient (Wildman–Crippen LogP) is 1.66. The third kappa shape index (κ3) is 4.27. The van der Waals surface area contributed by atoms with Crippen molar-refractivity contribution in [2.24, 2.45) is 0 Å². The van der Waals surface area contributed by atoms with E-state index < -0.39 is 5.60 Å². The van der Waals surface area contributed by atoms with Crippen LogP contribution in [0.5, 0.6) is 0 Å². The fraction of sp³-hybridized carbons (Fsp3) is 0.667. The first-order valence-corrected chi connectivity index (χ1v) is 8.43. The first-order valence-electron chi connectivity index (χ1n) is 7.55. The van der Waals surface area contributed by atoms with Crippen molar-refractivity contribution in [2.75, 3.05) is 13.1 Å². The standard InChI is InChI=1S/C15H23N3O3S/c1-10-6-4-5-7-18(10)14(20)11-8-22-13(17-11)12(19)16-9-15(2,3)21/h8,10,21H,4-7,9H2,1-3H3,(H,16,19). The second kappa shape index (κ2) is 6.75. The molecule has 1 saturated heterocycles. The van der Waals surface area contributed by atoms with Gasteiger partial charge in [-0.1, -0.05) is 0 Å². The number of amides is 2. The molecule has 122 valence electrons. The highest BCUT2D eigenvalue weighted by Gasteiger charge is 2.26. The summed E-state index contributed by atoms with van der Waals surface area (Å²) < 4.78 is 0. The lowest BCUT2D eigenvalue weighted by atomic mass is 10.0. The number of nitrogens with one attached hydrogen (secondary N) is 1. The van der Waals surface area contributed by atoms with E-state index in [0.29, 0.717) is 5.69 Å². The Bertz CT molecular complexity index is 550.